The Morgan fingerprint density at radius 1 is 1.19 bits per heavy atom. The molecule has 1 nitrogen and oxygen atoms in total. The Balaban J connectivity index is 2.37. The molecule has 1 heterocycles. The summed E-state index contributed by atoms with van der Waals surface area (Å²) >= 11 is 1.58. The lowest BCUT2D eigenvalue weighted by molar-refractivity contribution is 0.505. The predicted molar refractivity (Wildman–Crippen MR) is 61.6 cm³/mol. The molecular formula is C12H11F2NS. The number of hydrogen-bond acceptors (Lipinski definition) is 2. The normalized spacial score (nSPS) is 12.7. The molecule has 16 heavy (non-hydrogen) atoms. The number of rotatable bonds is 3. The molecule has 0 spiro atoms. The van der Waals surface area contributed by atoms with Gasteiger partial charge in [-0.1, -0.05) is 12.1 Å². The van der Waals surface area contributed by atoms with Crippen molar-refractivity contribution in [2.24, 2.45) is 0 Å². The number of nitrogens with one attached hydrogen (secondary N) is 1. The van der Waals surface area contributed by atoms with Gasteiger partial charge in [-0.15, -0.1) is 11.3 Å². The molecule has 0 aliphatic rings. The molecule has 4 heteroatoms. The molecule has 1 unspecified atom stereocenters. The van der Waals surface area contributed by atoms with Crippen LogP contribution in [-0.2, 0) is 0 Å². The fourth-order valence-corrected chi connectivity index (χ4v) is 2.48. The molecule has 84 valence electrons. The van der Waals surface area contributed by atoms with Crippen molar-refractivity contribution in [2.75, 3.05) is 7.05 Å². The summed E-state index contributed by atoms with van der Waals surface area (Å²) in [7, 11) is 1.80. The van der Waals surface area contributed by atoms with Crippen LogP contribution in [0.5, 0.6) is 0 Å². The highest BCUT2D eigenvalue weighted by Crippen LogP contribution is 2.26. The van der Waals surface area contributed by atoms with Gasteiger partial charge in [-0.2, -0.15) is 0 Å². The van der Waals surface area contributed by atoms with Crippen LogP contribution in [0.25, 0.3) is 0 Å². The number of hydrogen-bond donors (Lipinski definition) is 1. The van der Waals surface area contributed by atoms with E-state index in [1.54, 1.807) is 24.5 Å². The van der Waals surface area contributed by atoms with Crippen molar-refractivity contribution in [3.63, 3.8) is 0 Å². The van der Waals surface area contributed by atoms with Crippen molar-refractivity contribution < 1.29 is 8.78 Å². The van der Waals surface area contributed by atoms with Crippen LogP contribution < -0.4 is 5.32 Å². The zero-order valence-electron chi connectivity index (χ0n) is 8.71. The molecule has 0 saturated carbocycles. The van der Waals surface area contributed by atoms with E-state index in [4.69, 9.17) is 0 Å². The third kappa shape index (κ3) is 2.13. The number of thiophene rings is 1. The second-order valence-corrected chi connectivity index (χ2v) is 4.39. The van der Waals surface area contributed by atoms with E-state index in [9.17, 15) is 8.78 Å². The molecule has 0 aliphatic carbocycles. The van der Waals surface area contributed by atoms with E-state index in [1.165, 1.54) is 6.07 Å². The predicted octanol–water partition coefficient (Wildman–Crippen LogP) is 3.34. The van der Waals surface area contributed by atoms with Gasteiger partial charge in [0.05, 0.1) is 6.04 Å². The van der Waals surface area contributed by atoms with Crippen molar-refractivity contribution >= 4 is 11.3 Å². The Bertz CT molecular complexity index is 468. The summed E-state index contributed by atoms with van der Waals surface area (Å²) in [5.41, 5.74) is 0.726. The van der Waals surface area contributed by atoms with Crippen LogP contribution >= 0.6 is 11.3 Å². The lowest BCUT2D eigenvalue weighted by atomic mass is 10.1. The summed E-state index contributed by atoms with van der Waals surface area (Å²) in [6, 6.07) is 7.80. The molecule has 1 aromatic heterocycles. The summed E-state index contributed by atoms with van der Waals surface area (Å²) < 4.78 is 25.9. The van der Waals surface area contributed by atoms with Gasteiger partial charge in [0.2, 0.25) is 0 Å². The van der Waals surface area contributed by atoms with Gasteiger partial charge in [-0.05, 0) is 36.2 Å². The number of halogens is 2. The van der Waals surface area contributed by atoms with Gasteiger partial charge in [0, 0.05) is 4.88 Å². The largest absolute Gasteiger partial charge is 0.309 e. The SMILES string of the molecule is CNC(c1ccc(F)c(F)c1)c1cccs1. The highest BCUT2D eigenvalue weighted by Gasteiger charge is 2.14. The van der Waals surface area contributed by atoms with E-state index in [2.05, 4.69) is 5.32 Å². The highest BCUT2D eigenvalue weighted by molar-refractivity contribution is 7.10. The van der Waals surface area contributed by atoms with Crippen LogP contribution in [0.1, 0.15) is 16.5 Å². The van der Waals surface area contributed by atoms with Gasteiger partial charge in [-0.25, -0.2) is 8.78 Å². The number of benzene rings is 1. The molecule has 1 N–H and O–H groups in total. The standard InChI is InChI=1S/C12H11F2NS/c1-15-12(11-3-2-6-16-11)8-4-5-9(13)10(14)7-8/h2-7,12,15H,1H3. The van der Waals surface area contributed by atoms with Gasteiger partial charge in [0.25, 0.3) is 0 Å². The molecular weight excluding hydrogens is 228 g/mol. The first-order valence-electron chi connectivity index (χ1n) is 4.88. The Kier molecular flexibility index (Phi) is 3.31. The average Bonchev–Trinajstić information content (AvgIpc) is 2.78. The second kappa shape index (κ2) is 4.72. The molecule has 1 atom stereocenters. The van der Waals surface area contributed by atoms with Crippen LogP contribution in [0, 0.1) is 11.6 Å². The first-order chi connectivity index (χ1) is 7.72. The second-order valence-electron chi connectivity index (χ2n) is 3.41. The summed E-state index contributed by atoms with van der Waals surface area (Å²) in [6.07, 6.45) is 0. The maximum Gasteiger partial charge on any atom is 0.159 e. The van der Waals surface area contributed by atoms with Gasteiger partial charge in [0.15, 0.2) is 11.6 Å². The molecule has 1 aromatic carbocycles. The van der Waals surface area contributed by atoms with E-state index < -0.39 is 11.6 Å². The van der Waals surface area contributed by atoms with Gasteiger partial charge >= 0.3 is 0 Å². The third-order valence-electron chi connectivity index (χ3n) is 2.39. The molecule has 0 fully saturated rings. The van der Waals surface area contributed by atoms with Crippen LogP contribution in [0.2, 0.25) is 0 Å². The van der Waals surface area contributed by atoms with E-state index in [-0.39, 0.29) is 6.04 Å². The monoisotopic (exact) mass is 239 g/mol. The molecule has 0 radical (unpaired) electrons. The molecule has 0 bridgehead atoms. The average molecular weight is 239 g/mol. The minimum Gasteiger partial charge on any atom is -0.309 e. The topological polar surface area (TPSA) is 12.0 Å². The zero-order chi connectivity index (χ0) is 11.5. The minimum absolute atomic E-state index is 0.0879. The fraction of sp³-hybridized carbons (Fsp3) is 0.167. The summed E-state index contributed by atoms with van der Waals surface area (Å²) in [5.74, 6) is -1.63. The van der Waals surface area contributed by atoms with Crippen molar-refractivity contribution in [3.8, 4) is 0 Å². The Morgan fingerprint density at radius 3 is 2.56 bits per heavy atom. The van der Waals surface area contributed by atoms with E-state index in [0.717, 1.165) is 16.5 Å². The minimum atomic E-state index is -0.815. The summed E-state index contributed by atoms with van der Waals surface area (Å²) in [6.45, 7) is 0. The Hall–Kier alpha value is -1.26. The third-order valence-corrected chi connectivity index (χ3v) is 3.33. The molecule has 2 aromatic rings. The summed E-state index contributed by atoms with van der Waals surface area (Å²) in [4.78, 5) is 1.08. The van der Waals surface area contributed by atoms with E-state index >= 15 is 0 Å². The quantitative estimate of drug-likeness (QED) is 0.866. The van der Waals surface area contributed by atoms with Crippen LogP contribution in [-0.4, -0.2) is 7.05 Å². The molecule has 2 rings (SSSR count). The van der Waals surface area contributed by atoms with Gasteiger partial charge < -0.3 is 5.32 Å². The lowest BCUT2D eigenvalue weighted by Crippen LogP contribution is -2.16. The van der Waals surface area contributed by atoms with E-state index in [0.29, 0.717) is 0 Å². The molecule has 0 aliphatic heterocycles. The van der Waals surface area contributed by atoms with Crippen molar-refractivity contribution in [2.45, 2.75) is 6.04 Å². The zero-order valence-corrected chi connectivity index (χ0v) is 9.52. The highest BCUT2D eigenvalue weighted by atomic mass is 32.1. The van der Waals surface area contributed by atoms with Crippen molar-refractivity contribution in [3.05, 3.63) is 57.8 Å². The molecule has 0 saturated heterocycles. The van der Waals surface area contributed by atoms with Gasteiger partial charge in [0.1, 0.15) is 0 Å². The van der Waals surface area contributed by atoms with Gasteiger partial charge in [-0.3, -0.25) is 0 Å². The fourth-order valence-electron chi connectivity index (χ4n) is 1.62. The first kappa shape index (κ1) is 11.2. The van der Waals surface area contributed by atoms with Crippen LogP contribution in [0.4, 0.5) is 8.78 Å². The Morgan fingerprint density at radius 2 is 2.00 bits per heavy atom. The summed E-state index contributed by atoms with van der Waals surface area (Å²) in [5, 5.41) is 5.05. The maximum absolute atomic E-state index is 13.1. The molecule has 0 amide bonds. The maximum atomic E-state index is 13.1. The smallest absolute Gasteiger partial charge is 0.159 e. The van der Waals surface area contributed by atoms with E-state index in [1.807, 2.05) is 17.5 Å². The lowest BCUT2D eigenvalue weighted by Gasteiger charge is -2.15. The van der Waals surface area contributed by atoms with Crippen molar-refractivity contribution in [1.29, 1.82) is 0 Å². The van der Waals surface area contributed by atoms with Crippen molar-refractivity contribution in [1.82, 2.24) is 5.32 Å². The van der Waals surface area contributed by atoms with Crippen LogP contribution in [0.15, 0.2) is 35.7 Å². The first-order valence-corrected chi connectivity index (χ1v) is 5.76. The van der Waals surface area contributed by atoms with Crippen LogP contribution in [0.3, 0.4) is 0 Å². The Labute approximate surface area is 96.7 Å².